The minimum atomic E-state index is -2.52. The van der Waals surface area contributed by atoms with Crippen molar-refractivity contribution < 1.29 is 8.78 Å². The minimum absolute atomic E-state index is 0.0752. The third-order valence-corrected chi connectivity index (χ3v) is 4.69. The third-order valence-electron chi connectivity index (χ3n) is 4.69. The molecule has 0 saturated heterocycles. The van der Waals surface area contributed by atoms with Crippen LogP contribution in [-0.4, -0.2) is 20.8 Å². The Balaban J connectivity index is 1.67. The highest BCUT2D eigenvalue weighted by molar-refractivity contribution is 5.24. The first-order valence-corrected chi connectivity index (χ1v) is 8.51. The third kappa shape index (κ3) is 3.48. The predicted molar refractivity (Wildman–Crippen MR) is 89.2 cm³/mol. The Morgan fingerprint density at radius 2 is 2.00 bits per heavy atom. The van der Waals surface area contributed by atoms with Gasteiger partial charge in [0.15, 0.2) is 0 Å². The number of halogens is 2. The zero-order valence-electron chi connectivity index (χ0n) is 14.3. The lowest BCUT2D eigenvalue weighted by Gasteiger charge is -2.28. The van der Waals surface area contributed by atoms with Crippen molar-refractivity contribution in [3.05, 3.63) is 47.0 Å². The number of hydrogen-bond donors (Lipinski definition) is 1. The van der Waals surface area contributed by atoms with Crippen molar-refractivity contribution in [3.63, 3.8) is 0 Å². The standard InChI is InChI=1S/C18H24F2N4/c1-11(2)24-17-8-15(6-4-14(17)10-22-24)23-12(3)13-5-7-16(18(19)20)21-9-13/h5,7,9-12,15,18,23H,4,6,8H2,1-3H3. The first-order chi connectivity index (χ1) is 11.5. The van der Waals surface area contributed by atoms with Crippen molar-refractivity contribution in [2.24, 2.45) is 0 Å². The van der Waals surface area contributed by atoms with E-state index in [2.05, 4.69) is 33.9 Å². The Labute approximate surface area is 141 Å². The first kappa shape index (κ1) is 17.0. The number of nitrogens with zero attached hydrogens (tertiary/aromatic N) is 3. The van der Waals surface area contributed by atoms with E-state index in [1.54, 1.807) is 12.3 Å². The molecule has 2 aromatic heterocycles. The molecular formula is C18H24F2N4. The molecule has 4 nitrogen and oxygen atoms in total. The number of aryl methyl sites for hydroxylation is 1. The van der Waals surface area contributed by atoms with E-state index in [-0.39, 0.29) is 11.7 Å². The van der Waals surface area contributed by atoms with Crippen LogP contribution in [0.3, 0.4) is 0 Å². The molecule has 1 aliphatic carbocycles. The Morgan fingerprint density at radius 1 is 1.21 bits per heavy atom. The summed E-state index contributed by atoms with van der Waals surface area (Å²) in [4.78, 5) is 3.85. The highest BCUT2D eigenvalue weighted by atomic mass is 19.3. The number of aromatic nitrogens is 3. The fourth-order valence-electron chi connectivity index (χ4n) is 3.36. The van der Waals surface area contributed by atoms with Gasteiger partial charge in [0.2, 0.25) is 0 Å². The molecule has 0 fully saturated rings. The first-order valence-electron chi connectivity index (χ1n) is 8.51. The fraction of sp³-hybridized carbons (Fsp3) is 0.556. The lowest BCUT2D eigenvalue weighted by molar-refractivity contribution is 0.146. The van der Waals surface area contributed by atoms with Gasteiger partial charge >= 0.3 is 0 Å². The molecule has 1 N–H and O–H groups in total. The van der Waals surface area contributed by atoms with Gasteiger partial charge in [-0.3, -0.25) is 9.67 Å². The largest absolute Gasteiger partial charge is 0.307 e. The van der Waals surface area contributed by atoms with Crippen molar-refractivity contribution in [1.29, 1.82) is 0 Å². The van der Waals surface area contributed by atoms with Gasteiger partial charge in [0.05, 0.1) is 6.20 Å². The average molecular weight is 334 g/mol. The van der Waals surface area contributed by atoms with Crippen LogP contribution in [0.5, 0.6) is 0 Å². The Hall–Kier alpha value is -1.82. The summed E-state index contributed by atoms with van der Waals surface area (Å²) in [5, 5.41) is 8.12. The summed E-state index contributed by atoms with van der Waals surface area (Å²) in [7, 11) is 0. The van der Waals surface area contributed by atoms with E-state index in [9.17, 15) is 8.78 Å². The van der Waals surface area contributed by atoms with Crippen LogP contribution in [0.2, 0.25) is 0 Å². The van der Waals surface area contributed by atoms with E-state index in [4.69, 9.17) is 0 Å². The molecule has 130 valence electrons. The maximum Gasteiger partial charge on any atom is 0.280 e. The van der Waals surface area contributed by atoms with Crippen LogP contribution in [-0.2, 0) is 12.8 Å². The Bertz CT molecular complexity index is 679. The molecule has 2 heterocycles. The molecule has 0 aliphatic heterocycles. The zero-order valence-corrected chi connectivity index (χ0v) is 14.3. The molecule has 2 aromatic rings. The zero-order chi connectivity index (χ0) is 17.3. The van der Waals surface area contributed by atoms with Crippen molar-refractivity contribution in [1.82, 2.24) is 20.1 Å². The maximum atomic E-state index is 12.6. The van der Waals surface area contributed by atoms with Gasteiger partial charge in [-0.2, -0.15) is 5.10 Å². The van der Waals surface area contributed by atoms with Gasteiger partial charge in [-0.05, 0) is 50.8 Å². The van der Waals surface area contributed by atoms with E-state index in [0.29, 0.717) is 12.1 Å². The molecular weight excluding hydrogens is 310 g/mol. The van der Waals surface area contributed by atoms with E-state index in [1.165, 1.54) is 17.3 Å². The molecule has 0 bridgehead atoms. The normalized spacial score (nSPS) is 18.9. The van der Waals surface area contributed by atoms with Crippen LogP contribution in [0.25, 0.3) is 0 Å². The molecule has 0 radical (unpaired) electrons. The highest BCUT2D eigenvalue weighted by Gasteiger charge is 2.24. The summed E-state index contributed by atoms with van der Waals surface area (Å²) >= 11 is 0. The molecule has 3 rings (SSSR count). The number of hydrogen-bond acceptors (Lipinski definition) is 3. The number of pyridine rings is 1. The van der Waals surface area contributed by atoms with Gasteiger partial charge in [0.25, 0.3) is 6.43 Å². The van der Waals surface area contributed by atoms with Gasteiger partial charge in [-0.25, -0.2) is 8.78 Å². The fourth-order valence-corrected chi connectivity index (χ4v) is 3.36. The molecule has 0 spiro atoms. The summed E-state index contributed by atoms with van der Waals surface area (Å²) < 4.78 is 27.3. The van der Waals surface area contributed by atoms with Gasteiger partial charge in [0.1, 0.15) is 5.69 Å². The lowest BCUT2D eigenvalue weighted by Crippen LogP contribution is -2.37. The molecule has 0 aromatic carbocycles. The van der Waals surface area contributed by atoms with E-state index >= 15 is 0 Å². The van der Waals surface area contributed by atoms with Crippen LogP contribution in [0.1, 0.15) is 68.2 Å². The lowest BCUT2D eigenvalue weighted by atomic mass is 9.92. The molecule has 2 unspecified atom stereocenters. The van der Waals surface area contributed by atoms with Crippen LogP contribution < -0.4 is 5.32 Å². The monoisotopic (exact) mass is 334 g/mol. The van der Waals surface area contributed by atoms with Gasteiger partial charge in [-0.1, -0.05) is 6.07 Å². The van der Waals surface area contributed by atoms with E-state index in [1.807, 2.05) is 13.1 Å². The van der Waals surface area contributed by atoms with Crippen molar-refractivity contribution >= 4 is 0 Å². The summed E-state index contributed by atoms with van der Waals surface area (Å²) in [5.41, 5.74) is 3.42. The number of nitrogens with one attached hydrogen (secondary N) is 1. The van der Waals surface area contributed by atoms with E-state index < -0.39 is 6.43 Å². The summed E-state index contributed by atoms with van der Waals surface area (Å²) in [6, 6.07) is 3.93. The molecule has 0 amide bonds. The average Bonchev–Trinajstić information content (AvgIpc) is 2.98. The summed E-state index contributed by atoms with van der Waals surface area (Å²) in [5.74, 6) is 0. The van der Waals surface area contributed by atoms with Gasteiger partial charge < -0.3 is 5.32 Å². The number of fused-ring (bicyclic) bond motifs is 1. The minimum Gasteiger partial charge on any atom is -0.307 e. The van der Waals surface area contributed by atoms with Gasteiger partial charge in [0, 0.05) is 36.4 Å². The van der Waals surface area contributed by atoms with Gasteiger partial charge in [-0.15, -0.1) is 0 Å². The Morgan fingerprint density at radius 3 is 2.62 bits per heavy atom. The van der Waals surface area contributed by atoms with E-state index in [0.717, 1.165) is 24.8 Å². The second-order valence-electron chi connectivity index (χ2n) is 6.80. The van der Waals surface area contributed by atoms with Crippen LogP contribution >= 0.6 is 0 Å². The smallest absolute Gasteiger partial charge is 0.280 e. The topological polar surface area (TPSA) is 42.7 Å². The second-order valence-corrected chi connectivity index (χ2v) is 6.80. The molecule has 1 aliphatic rings. The highest BCUT2D eigenvalue weighted by Crippen LogP contribution is 2.26. The summed E-state index contributed by atoms with van der Waals surface area (Å²) in [6.45, 7) is 6.33. The predicted octanol–water partition coefficient (Wildman–Crippen LogP) is 4.00. The Kier molecular flexibility index (Phi) is 4.94. The number of rotatable bonds is 5. The number of alkyl halides is 2. The van der Waals surface area contributed by atoms with Crippen molar-refractivity contribution in [2.45, 2.75) is 64.6 Å². The molecule has 24 heavy (non-hydrogen) atoms. The van der Waals surface area contributed by atoms with Crippen molar-refractivity contribution in [3.8, 4) is 0 Å². The van der Waals surface area contributed by atoms with Crippen molar-refractivity contribution in [2.75, 3.05) is 0 Å². The maximum absolute atomic E-state index is 12.6. The molecule has 0 saturated carbocycles. The molecule has 6 heteroatoms. The SMILES string of the molecule is CC(NC1CCc2cnn(C(C)C)c2C1)c1ccc(C(F)F)nc1. The van der Waals surface area contributed by atoms with Crippen LogP contribution in [0, 0.1) is 0 Å². The quantitative estimate of drug-likeness (QED) is 0.898. The van der Waals surface area contributed by atoms with Crippen LogP contribution in [0.15, 0.2) is 24.5 Å². The summed E-state index contributed by atoms with van der Waals surface area (Å²) in [6.07, 6.45) is 4.04. The van der Waals surface area contributed by atoms with Crippen LogP contribution in [0.4, 0.5) is 8.78 Å². The second kappa shape index (κ2) is 6.97. The molecule has 2 atom stereocenters.